The Balaban J connectivity index is 1.47. The molecule has 2 aliphatic heterocycles. The van der Waals surface area contributed by atoms with E-state index in [0.29, 0.717) is 22.4 Å². The van der Waals surface area contributed by atoms with Crippen molar-refractivity contribution in [1.82, 2.24) is 4.90 Å². The fraction of sp³-hybridized carbons (Fsp3) is 0.222. The number of nitrogens with one attached hydrogen (secondary N) is 1. The lowest BCUT2D eigenvalue weighted by Crippen LogP contribution is -2.41. The fourth-order valence-corrected chi connectivity index (χ4v) is 8.28. The van der Waals surface area contributed by atoms with Crippen LogP contribution in [0.2, 0.25) is 0 Å². The minimum absolute atomic E-state index is 0.0220. The van der Waals surface area contributed by atoms with Crippen molar-refractivity contribution in [2.24, 2.45) is 0 Å². The minimum atomic E-state index is -4.95. The van der Waals surface area contributed by atoms with Crippen LogP contribution in [0.3, 0.4) is 0 Å². The van der Waals surface area contributed by atoms with Gasteiger partial charge in [-0.3, -0.25) is 28.8 Å². The van der Waals surface area contributed by atoms with Gasteiger partial charge in [-0.2, -0.15) is 13.2 Å². The second-order valence-corrected chi connectivity index (χ2v) is 14.0. The largest absolute Gasteiger partial charge is 0.402 e. The average molecular weight is 690 g/mol. The van der Waals surface area contributed by atoms with Gasteiger partial charge in [0.15, 0.2) is 0 Å². The van der Waals surface area contributed by atoms with E-state index in [2.05, 4.69) is 4.72 Å². The smallest absolute Gasteiger partial charge is 0.280 e. The second-order valence-electron chi connectivity index (χ2n) is 12.4. The van der Waals surface area contributed by atoms with Crippen molar-refractivity contribution in [1.29, 1.82) is 0 Å². The molecule has 1 unspecified atom stereocenters. The van der Waals surface area contributed by atoms with E-state index in [1.165, 1.54) is 20.0 Å². The average Bonchev–Trinajstić information content (AvgIpc) is 3.42. The van der Waals surface area contributed by atoms with Crippen LogP contribution < -0.4 is 9.62 Å². The zero-order valence-electron chi connectivity index (χ0n) is 27.2. The number of anilines is 2. The Morgan fingerprint density at radius 3 is 1.67 bits per heavy atom. The SMILES string of the molecule is Cc1c(C)c(N2C(=O)c3ccc(C(C)(c4ccc5c(c4)C(=O)N(C)C5=O)C(F)(F)F)cc3C2=O)c(C)c(S(=O)(=O)Nc2ccccc2)c1C. The number of benzene rings is 4. The van der Waals surface area contributed by atoms with Gasteiger partial charge in [-0.25, -0.2) is 13.3 Å². The van der Waals surface area contributed by atoms with E-state index >= 15 is 13.2 Å². The van der Waals surface area contributed by atoms with E-state index in [1.807, 2.05) is 0 Å². The molecule has 0 aromatic heterocycles. The summed E-state index contributed by atoms with van der Waals surface area (Å²) in [5, 5.41) is 0. The van der Waals surface area contributed by atoms with Crippen molar-refractivity contribution in [2.75, 3.05) is 16.7 Å². The summed E-state index contributed by atoms with van der Waals surface area (Å²) in [5.41, 5.74) is -2.34. The molecule has 1 N–H and O–H groups in total. The summed E-state index contributed by atoms with van der Waals surface area (Å²) in [6.45, 7) is 7.29. The zero-order chi connectivity index (χ0) is 36.0. The maximum absolute atomic E-state index is 15.1. The molecule has 4 aromatic rings. The number of hydrogen-bond donors (Lipinski definition) is 1. The number of sulfonamides is 1. The number of nitrogens with zero attached hydrogens (tertiary/aromatic N) is 2. The lowest BCUT2D eigenvalue weighted by molar-refractivity contribution is -0.173. The van der Waals surface area contributed by atoms with Crippen molar-refractivity contribution in [3.8, 4) is 0 Å². The standard InChI is InChI=1S/C36H30F3N3O6S/c1-18-19(2)29(21(4)30(20(18)3)49(47,48)40-24-10-8-7-9-11-24)42-33(45)26-15-13-23(17-28(26)34(42)46)35(5,36(37,38)39)22-12-14-25-27(16-22)32(44)41(6)31(25)43/h7-17,40H,1-6H3. The molecule has 0 spiro atoms. The van der Waals surface area contributed by atoms with Crippen molar-refractivity contribution < 1.29 is 40.8 Å². The van der Waals surface area contributed by atoms with Gasteiger partial charge in [0.25, 0.3) is 33.7 Å². The summed E-state index contributed by atoms with van der Waals surface area (Å²) in [5.74, 6) is -3.11. The number of rotatable bonds is 6. The molecule has 9 nitrogen and oxygen atoms in total. The van der Waals surface area contributed by atoms with Gasteiger partial charge in [-0.05, 0) is 104 Å². The summed E-state index contributed by atoms with van der Waals surface area (Å²) in [7, 11) is -2.99. The van der Waals surface area contributed by atoms with Gasteiger partial charge in [0.2, 0.25) is 0 Å². The molecule has 0 aliphatic carbocycles. The van der Waals surface area contributed by atoms with E-state index in [-0.39, 0.29) is 49.5 Å². The van der Waals surface area contributed by atoms with Crippen LogP contribution >= 0.6 is 0 Å². The highest BCUT2D eigenvalue weighted by Gasteiger charge is 2.55. The topological polar surface area (TPSA) is 121 Å². The molecule has 0 saturated heterocycles. The molecule has 2 aliphatic rings. The number of imide groups is 2. The number of hydrogen-bond acceptors (Lipinski definition) is 6. The van der Waals surface area contributed by atoms with Crippen LogP contribution in [0.15, 0.2) is 71.6 Å². The van der Waals surface area contributed by atoms with E-state index in [0.717, 1.165) is 47.1 Å². The number of carbonyl (C=O) groups excluding carboxylic acids is 4. The van der Waals surface area contributed by atoms with Crippen LogP contribution in [-0.4, -0.2) is 50.2 Å². The monoisotopic (exact) mass is 689 g/mol. The first kappa shape index (κ1) is 33.6. The van der Waals surface area contributed by atoms with Crippen LogP contribution in [0.4, 0.5) is 24.5 Å². The second kappa shape index (κ2) is 11.1. The summed E-state index contributed by atoms with van der Waals surface area (Å²) in [6, 6.07) is 14.8. The molecule has 252 valence electrons. The van der Waals surface area contributed by atoms with Gasteiger partial charge in [0, 0.05) is 12.7 Å². The lowest BCUT2D eigenvalue weighted by atomic mass is 9.74. The molecule has 49 heavy (non-hydrogen) atoms. The normalized spacial score (nSPS) is 15.9. The molecule has 0 bridgehead atoms. The molecule has 0 fully saturated rings. The van der Waals surface area contributed by atoms with Crippen LogP contribution in [0.25, 0.3) is 0 Å². The molecule has 4 amide bonds. The Morgan fingerprint density at radius 1 is 0.633 bits per heavy atom. The lowest BCUT2D eigenvalue weighted by Gasteiger charge is -2.33. The highest BCUT2D eigenvalue weighted by atomic mass is 32.2. The molecule has 0 radical (unpaired) electrons. The van der Waals surface area contributed by atoms with Crippen LogP contribution in [0.5, 0.6) is 0 Å². The Hall–Kier alpha value is -5.30. The van der Waals surface area contributed by atoms with Crippen molar-refractivity contribution in [2.45, 2.75) is 51.1 Å². The summed E-state index contributed by atoms with van der Waals surface area (Å²) < 4.78 is 75.1. The highest BCUT2D eigenvalue weighted by molar-refractivity contribution is 7.92. The molecule has 2 heterocycles. The van der Waals surface area contributed by atoms with Crippen molar-refractivity contribution in [3.05, 3.63) is 122 Å². The Labute approximate surface area is 280 Å². The molecule has 1 atom stereocenters. The van der Waals surface area contributed by atoms with Gasteiger partial charge in [0.05, 0.1) is 32.8 Å². The number of amides is 4. The van der Waals surface area contributed by atoms with E-state index < -0.39 is 45.2 Å². The number of carbonyl (C=O) groups is 4. The maximum Gasteiger partial charge on any atom is 0.402 e. The highest BCUT2D eigenvalue weighted by Crippen LogP contribution is 2.48. The molecule has 4 aromatic carbocycles. The zero-order valence-corrected chi connectivity index (χ0v) is 28.1. The van der Waals surface area contributed by atoms with Crippen LogP contribution in [0.1, 0.15) is 81.7 Å². The molecule has 0 saturated carbocycles. The first-order valence-electron chi connectivity index (χ1n) is 15.1. The van der Waals surface area contributed by atoms with E-state index in [1.54, 1.807) is 51.1 Å². The summed E-state index contributed by atoms with van der Waals surface area (Å²) in [4.78, 5) is 54.5. The number of halogens is 3. The molecule has 13 heteroatoms. The number of para-hydroxylation sites is 1. The fourth-order valence-electron chi connectivity index (χ4n) is 6.67. The number of alkyl halides is 3. The molecular weight excluding hydrogens is 659 g/mol. The van der Waals surface area contributed by atoms with Gasteiger partial charge in [-0.15, -0.1) is 0 Å². The molecule has 6 rings (SSSR count). The minimum Gasteiger partial charge on any atom is -0.280 e. The summed E-state index contributed by atoms with van der Waals surface area (Å²) >= 11 is 0. The van der Waals surface area contributed by atoms with Gasteiger partial charge in [0.1, 0.15) is 5.41 Å². The molecular formula is C36H30F3N3O6S. The van der Waals surface area contributed by atoms with Crippen LogP contribution in [0, 0.1) is 27.7 Å². The third-order valence-corrected chi connectivity index (χ3v) is 11.4. The third-order valence-electron chi connectivity index (χ3n) is 9.73. The van der Waals surface area contributed by atoms with Gasteiger partial charge < -0.3 is 0 Å². The first-order valence-corrected chi connectivity index (χ1v) is 16.6. The predicted octanol–water partition coefficient (Wildman–Crippen LogP) is 6.62. The van der Waals surface area contributed by atoms with E-state index in [4.69, 9.17) is 0 Å². The third kappa shape index (κ3) is 4.86. The predicted molar refractivity (Wildman–Crippen MR) is 176 cm³/mol. The number of fused-ring (bicyclic) bond motifs is 2. The quantitative estimate of drug-likeness (QED) is 0.228. The van der Waals surface area contributed by atoms with Gasteiger partial charge in [-0.1, -0.05) is 30.3 Å². The van der Waals surface area contributed by atoms with E-state index in [9.17, 15) is 27.6 Å². The summed E-state index contributed by atoms with van der Waals surface area (Å²) in [6.07, 6.45) is -4.95. The maximum atomic E-state index is 15.1. The van der Waals surface area contributed by atoms with Crippen molar-refractivity contribution >= 4 is 45.0 Å². The Kier molecular flexibility index (Phi) is 7.63. The Bertz CT molecular complexity index is 2270. The Morgan fingerprint density at radius 2 is 1.12 bits per heavy atom. The van der Waals surface area contributed by atoms with Gasteiger partial charge >= 0.3 is 6.18 Å². The first-order chi connectivity index (χ1) is 22.8. The van der Waals surface area contributed by atoms with Crippen LogP contribution in [-0.2, 0) is 15.4 Å². The van der Waals surface area contributed by atoms with Crippen molar-refractivity contribution in [3.63, 3.8) is 0 Å².